The molecule has 0 radical (unpaired) electrons. The van der Waals surface area contributed by atoms with Crippen molar-refractivity contribution in [3.05, 3.63) is 68.6 Å². The van der Waals surface area contributed by atoms with Crippen LogP contribution >= 0.6 is 35.6 Å². The van der Waals surface area contributed by atoms with Crippen LogP contribution in [-0.4, -0.2) is 36.4 Å². The third-order valence-corrected chi connectivity index (χ3v) is 5.25. The maximum Gasteiger partial charge on any atom is 0.314 e. The van der Waals surface area contributed by atoms with Gasteiger partial charge in [-0.3, -0.25) is 10.1 Å². The van der Waals surface area contributed by atoms with Gasteiger partial charge in [-0.05, 0) is 30.7 Å². The van der Waals surface area contributed by atoms with E-state index in [2.05, 4.69) is 30.2 Å². The van der Waals surface area contributed by atoms with Crippen molar-refractivity contribution in [3.8, 4) is 22.6 Å². The van der Waals surface area contributed by atoms with Gasteiger partial charge in [-0.15, -0.1) is 12.4 Å². The van der Waals surface area contributed by atoms with E-state index in [0.29, 0.717) is 44.2 Å². The van der Waals surface area contributed by atoms with Gasteiger partial charge in [0.05, 0.1) is 21.2 Å². The average molecular weight is 523 g/mol. The maximum atomic E-state index is 11.4. The number of aromatic amines is 1. The van der Waals surface area contributed by atoms with Gasteiger partial charge in [0.1, 0.15) is 11.6 Å². The van der Waals surface area contributed by atoms with Crippen molar-refractivity contribution in [1.82, 2.24) is 24.9 Å². The quantitative estimate of drug-likeness (QED) is 0.203. The first kappa shape index (κ1) is 25.0. The summed E-state index contributed by atoms with van der Waals surface area (Å²) in [5.74, 6) is 0.741. The number of hydrogen-bond donors (Lipinski definition) is 4. The molecule has 0 aliphatic rings. The van der Waals surface area contributed by atoms with E-state index < -0.39 is 4.92 Å². The number of imidazole rings is 1. The average Bonchev–Trinajstić information content (AvgIpc) is 3.27. The van der Waals surface area contributed by atoms with E-state index in [4.69, 9.17) is 34.7 Å². The van der Waals surface area contributed by atoms with E-state index in [1.165, 1.54) is 6.07 Å². The van der Waals surface area contributed by atoms with E-state index in [0.717, 1.165) is 0 Å². The number of nitrogens with two attached hydrogens (primary N) is 2. The van der Waals surface area contributed by atoms with Crippen molar-refractivity contribution < 1.29 is 4.92 Å². The highest BCUT2D eigenvalue weighted by Crippen LogP contribution is 2.35. The Bertz CT molecular complexity index is 1330. The summed E-state index contributed by atoms with van der Waals surface area (Å²) in [5.41, 5.74) is 13.3. The minimum absolute atomic E-state index is 0. The lowest BCUT2D eigenvalue weighted by atomic mass is 10.1. The van der Waals surface area contributed by atoms with Crippen LogP contribution in [0.3, 0.4) is 0 Å². The minimum Gasteiger partial charge on any atom is -0.384 e. The number of halogens is 3. The standard InChI is InChI=1S/C20H17Cl2N9O2.ClH/c21-11-1-2-12(14(22)8-11)16-13(19-25-5-6-26-19)9-28-20(30-16)27-4-3-10-7-15(23)29-18(24)17(10)31(32)33;/h1-2,5-9H,3-4H2,(H,25,26)(H4,23,24,29)(H,27,28,30);1H. The minimum atomic E-state index is -0.577. The zero-order chi connectivity index (χ0) is 23.5. The lowest BCUT2D eigenvalue weighted by molar-refractivity contribution is -0.384. The van der Waals surface area contributed by atoms with Crippen LogP contribution in [0.25, 0.3) is 22.6 Å². The van der Waals surface area contributed by atoms with E-state index in [-0.39, 0.29) is 42.7 Å². The van der Waals surface area contributed by atoms with Gasteiger partial charge in [-0.2, -0.15) is 0 Å². The van der Waals surface area contributed by atoms with Crippen LogP contribution < -0.4 is 16.8 Å². The Balaban J connectivity index is 0.00000324. The summed E-state index contributed by atoms with van der Waals surface area (Å²) in [6.07, 6.45) is 5.16. The van der Waals surface area contributed by atoms with Crippen LogP contribution in [0.15, 0.2) is 42.9 Å². The summed E-state index contributed by atoms with van der Waals surface area (Å²) < 4.78 is 0. The Hall–Kier alpha value is -3.67. The molecule has 14 heteroatoms. The Morgan fingerprint density at radius 2 is 1.91 bits per heavy atom. The van der Waals surface area contributed by atoms with Gasteiger partial charge in [0, 0.05) is 41.3 Å². The molecule has 1 aromatic carbocycles. The first-order valence-corrected chi connectivity index (χ1v) is 10.3. The highest BCUT2D eigenvalue weighted by Gasteiger charge is 2.21. The number of nitro groups is 1. The Kier molecular flexibility index (Phi) is 7.72. The smallest absolute Gasteiger partial charge is 0.314 e. The highest BCUT2D eigenvalue weighted by molar-refractivity contribution is 6.36. The molecule has 0 unspecified atom stereocenters. The third kappa shape index (κ3) is 5.28. The third-order valence-electron chi connectivity index (χ3n) is 4.71. The molecular formula is C20H18Cl3N9O2. The van der Waals surface area contributed by atoms with Crippen LogP contribution in [0.1, 0.15) is 5.56 Å². The second-order valence-electron chi connectivity index (χ2n) is 6.89. The second kappa shape index (κ2) is 10.5. The molecule has 3 heterocycles. The normalized spacial score (nSPS) is 10.5. The predicted octanol–water partition coefficient (Wildman–Crippen LogP) is 4.38. The number of nitrogen functional groups attached to an aromatic ring is 2. The molecule has 0 aliphatic heterocycles. The lowest BCUT2D eigenvalue weighted by Crippen LogP contribution is -2.12. The van der Waals surface area contributed by atoms with Crippen LogP contribution in [0.2, 0.25) is 10.0 Å². The number of rotatable bonds is 7. The van der Waals surface area contributed by atoms with Gasteiger partial charge in [0.15, 0.2) is 0 Å². The Morgan fingerprint density at radius 3 is 2.59 bits per heavy atom. The molecule has 0 fully saturated rings. The molecule has 0 spiro atoms. The Morgan fingerprint density at radius 1 is 1.12 bits per heavy atom. The summed E-state index contributed by atoms with van der Waals surface area (Å²) >= 11 is 12.5. The zero-order valence-corrected chi connectivity index (χ0v) is 19.7. The largest absolute Gasteiger partial charge is 0.384 e. The first-order valence-electron chi connectivity index (χ1n) is 9.59. The van der Waals surface area contributed by atoms with Crippen LogP contribution in [0, 0.1) is 10.1 Å². The molecule has 0 saturated heterocycles. The topological polar surface area (TPSA) is 175 Å². The molecule has 4 rings (SSSR count). The lowest BCUT2D eigenvalue weighted by Gasteiger charge is -2.12. The van der Waals surface area contributed by atoms with Crippen molar-refractivity contribution in [1.29, 1.82) is 0 Å². The Labute approximate surface area is 209 Å². The fourth-order valence-electron chi connectivity index (χ4n) is 3.29. The SMILES string of the molecule is Cl.Nc1cc(CCNc2ncc(-c3ncc[nH]3)c(-c3ccc(Cl)cc3Cl)n2)c([N+](=O)[O-])c(N)n1. The number of anilines is 3. The van der Waals surface area contributed by atoms with Crippen LogP contribution in [0.5, 0.6) is 0 Å². The van der Waals surface area contributed by atoms with E-state index >= 15 is 0 Å². The number of nitrogens with one attached hydrogen (secondary N) is 2. The van der Waals surface area contributed by atoms with E-state index in [9.17, 15) is 10.1 Å². The molecular weight excluding hydrogens is 505 g/mol. The molecule has 0 atom stereocenters. The molecule has 0 aliphatic carbocycles. The summed E-state index contributed by atoms with van der Waals surface area (Å²) in [6, 6.07) is 6.52. The first-order chi connectivity index (χ1) is 15.8. The van der Waals surface area contributed by atoms with Gasteiger partial charge in [0.25, 0.3) is 0 Å². The van der Waals surface area contributed by atoms with Gasteiger partial charge in [0.2, 0.25) is 11.8 Å². The number of benzene rings is 1. The molecule has 176 valence electrons. The van der Waals surface area contributed by atoms with Gasteiger partial charge < -0.3 is 21.8 Å². The number of nitrogens with zero attached hydrogens (tertiary/aromatic N) is 5. The summed E-state index contributed by atoms with van der Waals surface area (Å²) in [6.45, 7) is 0.275. The van der Waals surface area contributed by atoms with E-state index in [1.807, 2.05) is 0 Å². The molecule has 0 amide bonds. The fraction of sp³-hybridized carbons (Fsp3) is 0.100. The van der Waals surface area contributed by atoms with Crippen molar-refractivity contribution in [2.24, 2.45) is 0 Å². The monoisotopic (exact) mass is 521 g/mol. The molecule has 6 N–H and O–H groups in total. The molecule has 4 aromatic rings. The molecule has 3 aromatic heterocycles. The summed E-state index contributed by atoms with van der Waals surface area (Å²) in [4.78, 5) is 30.8. The highest BCUT2D eigenvalue weighted by atomic mass is 35.5. The number of hydrogen-bond acceptors (Lipinski definition) is 9. The number of H-pyrrole nitrogens is 1. The zero-order valence-electron chi connectivity index (χ0n) is 17.3. The van der Waals surface area contributed by atoms with Gasteiger partial charge in [-0.1, -0.05) is 23.2 Å². The van der Waals surface area contributed by atoms with Crippen molar-refractivity contribution in [2.45, 2.75) is 6.42 Å². The van der Waals surface area contributed by atoms with E-state index in [1.54, 1.807) is 36.8 Å². The van der Waals surface area contributed by atoms with Crippen LogP contribution in [0.4, 0.5) is 23.3 Å². The summed E-state index contributed by atoms with van der Waals surface area (Å²) in [5, 5.41) is 15.3. The fourth-order valence-corrected chi connectivity index (χ4v) is 3.78. The second-order valence-corrected chi connectivity index (χ2v) is 7.74. The van der Waals surface area contributed by atoms with Crippen molar-refractivity contribution in [2.75, 3.05) is 23.3 Å². The molecule has 0 saturated carbocycles. The van der Waals surface area contributed by atoms with Gasteiger partial charge >= 0.3 is 5.69 Å². The molecule has 34 heavy (non-hydrogen) atoms. The molecule has 11 nitrogen and oxygen atoms in total. The van der Waals surface area contributed by atoms with Crippen molar-refractivity contribution in [3.63, 3.8) is 0 Å². The number of aromatic nitrogens is 5. The molecule has 0 bridgehead atoms. The maximum absolute atomic E-state index is 11.4. The van der Waals surface area contributed by atoms with Gasteiger partial charge in [-0.25, -0.2) is 19.9 Å². The predicted molar refractivity (Wildman–Crippen MR) is 134 cm³/mol. The number of pyridine rings is 1. The van der Waals surface area contributed by atoms with Crippen molar-refractivity contribution >= 4 is 58.9 Å². The summed E-state index contributed by atoms with van der Waals surface area (Å²) in [7, 11) is 0. The van der Waals surface area contributed by atoms with Crippen LogP contribution in [-0.2, 0) is 6.42 Å².